The van der Waals surface area contributed by atoms with Crippen LogP contribution in [0.15, 0.2) is 36.7 Å². The molecule has 0 radical (unpaired) electrons. The minimum Gasteiger partial charge on any atom is -0.493 e. The number of hydrogen-bond donors (Lipinski definition) is 0. The third-order valence-electron chi connectivity index (χ3n) is 4.64. The number of methoxy groups -OCH3 is 1. The SMILES string of the molecule is COc1ccccc1Oc1cc(N2CCN(C(=O)C(C)C)[C@H](C)C2)ncn1. The third kappa shape index (κ3) is 4.30. The molecule has 1 amide bonds. The number of rotatable bonds is 5. The Balaban J connectivity index is 1.72. The molecule has 0 spiro atoms. The summed E-state index contributed by atoms with van der Waals surface area (Å²) in [6.45, 7) is 8.09. The van der Waals surface area contributed by atoms with E-state index in [0.29, 0.717) is 23.9 Å². The van der Waals surface area contributed by atoms with Crippen molar-refractivity contribution in [2.24, 2.45) is 5.92 Å². The van der Waals surface area contributed by atoms with Gasteiger partial charge in [-0.15, -0.1) is 0 Å². The van der Waals surface area contributed by atoms with Gasteiger partial charge in [0, 0.05) is 37.7 Å². The highest BCUT2D eigenvalue weighted by Gasteiger charge is 2.29. The van der Waals surface area contributed by atoms with E-state index in [9.17, 15) is 4.79 Å². The predicted octanol–water partition coefficient (Wildman–Crippen LogP) is 2.97. The maximum atomic E-state index is 12.3. The Labute approximate surface area is 159 Å². The predicted molar refractivity (Wildman–Crippen MR) is 103 cm³/mol. The van der Waals surface area contributed by atoms with Crippen LogP contribution in [-0.4, -0.2) is 53.6 Å². The third-order valence-corrected chi connectivity index (χ3v) is 4.64. The van der Waals surface area contributed by atoms with E-state index in [2.05, 4.69) is 21.8 Å². The maximum absolute atomic E-state index is 12.3. The second kappa shape index (κ2) is 8.24. The van der Waals surface area contributed by atoms with Crippen LogP contribution >= 0.6 is 0 Å². The monoisotopic (exact) mass is 370 g/mol. The number of nitrogens with zero attached hydrogens (tertiary/aromatic N) is 4. The van der Waals surface area contributed by atoms with E-state index in [1.165, 1.54) is 6.33 Å². The van der Waals surface area contributed by atoms with Crippen molar-refractivity contribution >= 4 is 11.7 Å². The van der Waals surface area contributed by atoms with Gasteiger partial charge in [0.25, 0.3) is 0 Å². The summed E-state index contributed by atoms with van der Waals surface area (Å²) in [5.74, 6) is 2.71. The zero-order valence-corrected chi connectivity index (χ0v) is 16.3. The van der Waals surface area contributed by atoms with Crippen molar-refractivity contribution in [3.05, 3.63) is 36.7 Å². The first-order valence-corrected chi connectivity index (χ1v) is 9.18. The number of anilines is 1. The van der Waals surface area contributed by atoms with Crippen LogP contribution in [0.1, 0.15) is 20.8 Å². The molecule has 144 valence electrons. The van der Waals surface area contributed by atoms with Gasteiger partial charge in [-0.1, -0.05) is 26.0 Å². The second-order valence-corrected chi connectivity index (χ2v) is 6.95. The van der Waals surface area contributed by atoms with Crippen molar-refractivity contribution in [1.29, 1.82) is 0 Å². The Hall–Kier alpha value is -2.83. The Morgan fingerprint density at radius 1 is 1.19 bits per heavy atom. The van der Waals surface area contributed by atoms with E-state index in [-0.39, 0.29) is 17.9 Å². The summed E-state index contributed by atoms with van der Waals surface area (Å²) >= 11 is 0. The van der Waals surface area contributed by atoms with Crippen LogP contribution in [0.3, 0.4) is 0 Å². The van der Waals surface area contributed by atoms with Gasteiger partial charge in [-0.2, -0.15) is 0 Å². The molecule has 2 heterocycles. The van der Waals surface area contributed by atoms with Gasteiger partial charge < -0.3 is 19.3 Å². The topological polar surface area (TPSA) is 67.8 Å². The molecule has 1 fully saturated rings. The number of carbonyl (C=O) groups is 1. The Bertz CT molecular complexity index is 796. The molecule has 1 atom stereocenters. The molecular formula is C20H26N4O3. The van der Waals surface area contributed by atoms with Crippen molar-refractivity contribution in [2.45, 2.75) is 26.8 Å². The largest absolute Gasteiger partial charge is 0.493 e. The fourth-order valence-corrected chi connectivity index (χ4v) is 3.20. The minimum absolute atomic E-state index is 0.0129. The number of carbonyl (C=O) groups excluding carboxylic acids is 1. The summed E-state index contributed by atoms with van der Waals surface area (Å²) in [4.78, 5) is 25.0. The number of benzene rings is 1. The summed E-state index contributed by atoms with van der Waals surface area (Å²) in [5, 5.41) is 0. The molecule has 0 saturated carbocycles. The van der Waals surface area contributed by atoms with Gasteiger partial charge in [-0.05, 0) is 19.1 Å². The minimum atomic E-state index is 0.0129. The van der Waals surface area contributed by atoms with Crippen molar-refractivity contribution in [1.82, 2.24) is 14.9 Å². The van der Waals surface area contributed by atoms with Crippen LogP contribution in [0.25, 0.3) is 0 Å². The fraction of sp³-hybridized carbons (Fsp3) is 0.450. The molecule has 7 nitrogen and oxygen atoms in total. The number of ether oxygens (including phenoxy) is 2. The van der Waals surface area contributed by atoms with E-state index in [4.69, 9.17) is 9.47 Å². The van der Waals surface area contributed by atoms with E-state index in [0.717, 1.165) is 18.9 Å². The number of para-hydroxylation sites is 2. The lowest BCUT2D eigenvalue weighted by molar-refractivity contribution is -0.136. The molecule has 0 unspecified atom stereocenters. The molecule has 1 aromatic heterocycles. The molecular weight excluding hydrogens is 344 g/mol. The van der Waals surface area contributed by atoms with E-state index >= 15 is 0 Å². The lowest BCUT2D eigenvalue weighted by atomic mass is 10.1. The van der Waals surface area contributed by atoms with E-state index < -0.39 is 0 Å². The van der Waals surface area contributed by atoms with Crippen LogP contribution in [0.4, 0.5) is 5.82 Å². The summed E-state index contributed by atoms with van der Waals surface area (Å²) in [6.07, 6.45) is 1.50. The highest BCUT2D eigenvalue weighted by atomic mass is 16.5. The highest BCUT2D eigenvalue weighted by Crippen LogP contribution is 2.31. The van der Waals surface area contributed by atoms with Gasteiger partial charge in [0.2, 0.25) is 11.8 Å². The van der Waals surface area contributed by atoms with Gasteiger partial charge in [0.1, 0.15) is 12.1 Å². The van der Waals surface area contributed by atoms with Crippen LogP contribution < -0.4 is 14.4 Å². The summed E-state index contributed by atoms with van der Waals surface area (Å²) < 4.78 is 11.2. The lowest BCUT2D eigenvalue weighted by Crippen LogP contribution is -2.55. The Morgan fingerprint density at radius 3 is 2.59 bits per heavy atom. The average molecular weight is 370 g/mol. The summed E-state index contributed by atoms with van der Waals surface area (Å²) in [7, 11) is 1.60. The smallest absolute Gasteiger partial charge is 0.225 e. The molecule has 1 aliphatic heterocycles. The molecule has 2 aromatic rings. The van der Waals surface area contributed by atoms with E-state index in [1.807, 2.05) is 49.1 Å². The lowest BCUT2D eigenvalue weighted by Gasteiger charge is -2.41. The normalized spacial score (nSPS) is 17.1. The number of piperazine rings is 1. The first kappa shape index (κ1) is 18.9. The zero-order valence-electron chi connectivity index (χ0n) is 16.3. The highest BCUT2D eigenvalue weighted by molar-refractivity contribution is 5.78. The van der Waals surface area contributed by atoms with Gasteiger partial charge in [0.05, 0.1) is 7.11 Å². The molecule has 27 heavy (non-hydrogen) atoms. The summed E-state index contributed by atoms with van der Waals surface area (Å²) in [6, 6.07) is 9.38. The van der Waals surface area contributed by atoms with Crippen molar-refractivity contribution in [3.8, 4) is 17.4 Å². The van der Waals surface area contributed by atoms with E-state index in [1.54, 1.807) is 7.11 Å². The molecule has 3 rings (SSSR count). The molecule has 1 aromatic carbocycles. The summed E-state index contributed by atoms with van der Waals surface area (Å²) in [5.41, 5.74) is 0. The molecule has 0 bridgehead atoms. The first-order valence-electron chi connectivity index (χ1n) is 9.18. The maximum Gasteiger partial charge on any atom is 0.225 e. The van der Waals surface area contributed by atoms with Crippen molar-refractivity contribution in [2.75, 3.05) is 31.6 Å². The van der Waals surface area contributed by atoms with Crippen LogP contribution in [-0.2, 0) is 4.79 Å². The zero-order chi connectivity index (χ0) is 19.4. The van der Waals surface area contributed by atoms with Crippen LogP contribution in [0.5, 0.6) is 17.4 Å². The molecule has 1 saturated heterocycles. The van der Waals surface area contributed by atoms with Crippen LogP contribution in [0.2, 0.25) is 0 Å². The number of amides is 1. The molecule has 0 aliphatic carbocycles. The van der Waals surface area contributed by atoms with Gasteiger partial charge in [-0.3, -0.25) is 4.79 Å². The second-order valence-electron chi connectivity index (χ2n) is 6.95. The van der Waals surface area contributed by atoms with Crippen molar-refractivity contribution < 1.29 is 14.3 Å². The Morgan fingerprint density at radius 2 is 1.93 bits per heavy atom. The average Bonchev–Trinajstić information content (AvgIpc) is 2.68. The van der Waals surface area contributed by atoms with Gasteiger partial charge >= 0.3 is 0 Å². The van der Waals surface area contributed by atoms with Crippen molar-refractivity contribution in [3.63, 3.8) is 0 Å². The van der Waals surface area contributed by atoms with Gasteiger partial charge in [0.15, 0.2) is 11.5 Å². The number of hydrogen-bond acceptors (Lipinski definition) is 6. The first-order chi connectivity index (χ1) is 13.0. The quantitative estimate of drug-likeness (QED) is 0.806. The molecule has 1 aliphatic rings. The molecule has 0 N–H and O–H groups in total. The Kier molecular flexibility index (Phi) is 5.78. The molecule has 7 heteroatoms. The fourth-order valence-electron chi connectivity index (χ4n) is 3.20. The van der Waals surface area contributed by atoms with Crippen LogP contribution in [0, 0.1) is 5.92 Å². The standard InChI is InChI=1S/C20H26N4O3/c1-14(2)20(25)24-10-9-23(12-15(24)3)18-11-19(22-13-21-18)27-17-8-6-5-7-16(17)26-4/h5-8,11,13-15H,9-10,12H2,1-4H3/t15-/m1/s1. The number of aromatic nitrogens is 2. The van der Waals surface area contributed by atoms with Gasteiger partial charge in [-0.25, -0.2) is 9.97 Å².